The van der Waals surface area contributed by atoms with Crippen LogP contribution in [-0.2, 0) is 22.3 Å². The molecule has 7 nitrogen and oxygen atoms in total. The molecule has 0 bridgehead atoms. The Morgan fingerprint density at radius 2 is 1.95 bits per heavy atom. The molecule has 1 fully saturated rings. The first kappa shape index (κ1) is 32.6. The summed E-state index contributed by atoms with van der Waals surface area (Å²) in [5.41, 5.74) is -0.555. The monoisotopic (exact) mass is 683 g/mol. The lowest BCUT2D eigenvalue weighted by Crippen LogP contribution is -2.56. The number of ketones is 1. The molecule has 43 heavy (non-hydrogen) atoms. The third-order valence-electron chi connectivity index (χ3n) is 7.33. The van der Waals surface area contributed by atoms with E-state index in [-0.39, 0.29) is 32.2 Å². The number of hydrazine groups is 1. The summed E-state index contributed by atoms with van der Waals surface area (Å²) in [6, 6.07) is 9.55. The smallest absolute Gasteiger partial charge is 0.355 e. The molecule has 2 heterocycles. The van der Waals surface area contributed by atoms with E-state index in [1.54, 1.807) is 37.1 Å². The molecule has 4 rings (SSSR count). The molecule has 1 aliphatic heterocycles. The van der Waals surface area contributed by atoms with Crippen LogP contribution in [0.4, 0.5) is 27.6 Å². The number of benzene rings is 2. The second kappa shape index (κ2) is 13.2. The number of halogens is 6. The minimum Gasteiger partial charge on any atom is -0.355 e. The number of rotatable bonds is 10. The minimum absolute atomic E-state index is 0.0281. The number of amides is 1. The first-order valence-electron chi connectivity index (χ1n) is 13.1. The molecule has 0 spiro atoms. The van der Waals surface area contributed by atoms with Gasteiger partial charge in [-0.25, -0.2) is 23.8 Å². The van der Waals surface area contributed by atoms with Crippen molar-refractivity contribution in [2.24, 2.45) is 0 Å². The van der Waals surface area contributed by atoms with E-state index in [4.69, 9.17) is 0 Å². The molecule has 1 aromatic heterocycles. The molecule has 0 radical (unpaired) electrons. The van der Waals surface area contributed by atoms with Crippen molar-refractivity contribution in [3.63, 3.8) is 0 Å². The van der Waals surface area contributed by atoms with E-state index in [0.29, 0.717) is 52.5 Å². The molecule has 228 valence electrons. The summed E-state index contributed by atoms with van der Waals surface area (Å²) < 4.78 is 68.9. The lowest BCUT2D eigenvalue weighted by molar-refractivity contribution is -0.152. The Hall–Kier alpha value is -3.28. The van der Waals surface area contributed by atoms with Crippen LogP contribution in [0, 0.1) is 11.6 Å². The van der Waals surface area contributed by atoms with Crippen LogP contribution in [0.3, 0.4) is 0 Å². The molecule has 0 saturated carbocycles. The van der Waals surface area contributed by atoms with Crippen LogP contribution in [-0.4, -0.2) is 50.9 Å². The van der Waals surface area contributed by atoms with Gasteiger partial charge in [-0.1, -0.05) is 36.6 Å². The number of nitrogens with one attached hydrogen (secondary N) is 1. The van der Waals surface area contributed by atoms with Crippen LogP contribution >= 0.6 is 24.5 Å². The van der Waals surface area contributed by atoms with Gasteiger partial charge < -0.3 is 5.32 Å². The molecular formula is C29H28BrF5N5O2P. The maximum absolute atomic E-state index is 14.4. The molecule has 14 heteroatoms. The quantitative estimate of drug-likeness (QED) is 0.106. The Labute approximate surface area is 255 Å². The number of anilines is 1. The van der Waals surface area contributed by atoms with Gasteiger partial charge in [0.2, 0.25) is 6.41 Å². The van der Waals surface area contributed by atoms with Crippen molar-refractivity contribution >= 4 is 42.4 Å². The fraction of sp³-hybridized carbons (Fsp3) is 0.310. The van der Waals surface area contributed by atoms with E-state index < -0.39 is 29.0 Å². The maximum Gasteiger partial charge on any atom is 0.433 e. The van der Waals surface area contributed by atoms with Crippen LogP contribution < -0.4 is 5.32 Å². The van der Waals surface area contributed by atoms with Crippen LogP contribution in [0.5, 0.6) is 0 Å². The highest BCUT2D eigenvalue weighted by Gasteiger charge is 2.46. The Kier molecular flexibility index (Phi) is 9.98. The van der Waals surface area contributed by atoms with Gasteiger partial charge in [-0.3, -0.25) is 14.6 Å². The molecule has 2 unspecified atom stereocenters. The topological polar surface area (TPSA) is 78.4 Å². The molecule has 0 aliphatic carbocycles. The lowest BCUT2D eigenvalue weighted by atomic mass is 9.90. The number of hydrogen-bond donors (Lipinski definition) is 1. The third-order valence-corrected chi connectivity index (χ3v) is 8.82. The van der Waals surface area contributed by atoms with Crippen LogP contribution in [0.1, 0.15) is 37.9 Å². The first-order valence-corrected chi connectivity index (χ1v) is 15.4. The summed E-state index contributed by atoms with van der Waals surface area (Å²) in [5.74, 6) is -2.38. The van der Waals surface area contributed by atoms with E-state index in [2.05, 4.69) is 31.2 Å². The number of carbonyl (C=O) groups is 2. The normalized spacial score (nSPS) is 18.2. The number of alkyl halides is 3. The van der Waals surface area contributed by atoms with Crippen molar-refractivity contribution in [2.75, 3.05) is 18.5 Å². The van der Waals surface area contributed by atoms with E-state index in [1.165, 1.54) is 17.1 Å². The van der Waals surface area contributed by atoms with Gasteiger partial charge in [-0.05, 0) is 63.7 Å². The number of aromatic nitrogens is 2. The second-order valence-corrected chi connectivity index (χ2v) is 12.0. The van der Waals surface area contributed by atoms with Gasteiger partial charge in [0.15, 0.2) is 17.4 Å². The van der Waals surface area contributed by atoms with Gasteiger partial charge in [-0.2, -0.15) is 13.2 Å². The third kappa shape index (κ3) is 6.94. The van der Waals surface area contributed by atoms with Gasteiger partial charge >= 0.3 is 6.18 Å². The zero-order valence-corrected chi connectivity index (χ0v) is 26.0. The predicted octanol–water partition coefficient (Wildman–Crippen LogP) is 7.15. The zero-order chi connectivity index (χ0) is 31.5. The number of carbonyl (C=O) groups excluding carboxylic acids is 2. The van der Waals surface area contributed by atoms with Gasteiger partial charge in [0.05, 0.1) is 12.2 Å². The summed E-state index contributed by atoms with van der Waals surface area (Å²) in [4.78, 5) is 33.6. The number of hydrogen-bond acceptors (Lipinski definition) is 6. The highest BCUT2D eigenvalue weighted by molar-refractivity contribution is 9.10. The molecule has 1 N–H and O–H groups in total. The van der Waals surface area contributed by atoms with Crippen molar-refractivity contribution in [3.8, 4) is 11.3 Å². The summed E-state index contributed by atoms with van der Waals surface area (Å²) in [5, 5.41) is 6.00. The maximum atomic E-state index is 14.4. The fourth-order valence-corrected chi connectivity index (χ4v) is 6.22. The van der Waals surface area contributed by atoms with Crippen LogP contribution in [0.25, 0.3) is 11.3 Å². The summed E-state index contributed by atoms with van der Waals surface area (Å²) in [7, 11) is 0.0816. The van der Waals surface area contributed by atoms with E-state index in [9.17, 15) is 31.5 Å². The lowest BCUT2D eigenvalue weighted by Gasteiger charge is -2.40. The van der Waals surface area contributed by atoms with Crippen LogP contribution in [0.2, 0.25) is 0 Å². The van der Waals surface area contributed by atoms with Crippen molar-refractivity contribution in [2.45, 2.75) is 44.9 Å². The van der Waals surface area contributed by atoms with Gasteiger partial charge in [-0.15, -0.1) is 0 Å². The Morgan fingerprint density at radius 1 is 1.21 bits per heavy atom. The van der Waals surface area contributed by atoms with Gasteiger partial charge in [0.1, 0.15) is 17.6 Å². The molecule has 1 amide bonds. The van der Waals surface area contributed by atoms with Gasteiger partial charge in [0, 0.05) is 38.8 Å². The van der Waals surface area contributed by atoms with Crippen molar-refractivity contribution < 1.29 is 31.5 Å². The number of Topliss-reactive ketones (excluding diaryl/α,β-unsaturated/α-hetero) is 1. The summed E-state index contributed by atoms with van der Waals surface area (Å²) >= 11 is 3.36. The van der Waals surface area contributed by atoms with E-state index in [0.717, 1.165) is 18.5 Å². The fourth-order valence-electron chi connectivity index (χ4n) is 5.11. The second-order valence-electron chi connectivity index (χ2n) is 10.1. The Balaban J connectivity index is 1.67. The largest absolute Gasteiger partial charge is 0.433 e. The molecular weight excluding hydrogens is 656 g/mol. The first-order chi connectivity index (χ1) is 20.3. The Bertz CT molecular complexity index is 1570. The van der Waals surface area contributed by atoms with Crippen molar-refractivity contribution in [1.29, 1.82) is 0 Å². The average Bonchev–Trinajstić information content (AvgIpc) is 3.38. The van der Waals surface area contributed by atoms with Gasteiger partial charge in [0.25, 0.3) is 0 Å². The molecule has 2 aromatic carbocycles. The highest BCUT2D eigenvalue weighted by atomic mass is 79.9. The Morgan fingerprint density at radius 3 is 2.63 bits per heavy atom. The SMILES string of the molecule is CPC(Nc1ccc(Br)cc1-c1cc(C(F)(F)F)ncn1)=C(C)C(=O)C1(C)CCCN1N(C=O)Cc1cccc(F)c1F. The predicted molar refractivity (Wildman–Crippen MR) is 158 cm³/mol. The standard InChI is InChI=1S/C29H28BrF5N5O2P/c1-17(26(42)28(2)10-5-11-40(28)39(16-41)14-18-6-4-7-21(31)25(18)32)27(43-3)38-22-9-8-19(30)12-20(22)23-13-24(29(33,34)35)37-15-36-23/h4,6-9,12-13,15-16,38,43H,5,10-11,14H2,1-3H3. The molecule has 3 aromatic rings. The van der Waals surface area contributed by atoms with Crippen LogP contribution in [0.15, 0.2) is 64.3 Å². The van der Waals surface area contributed by atoms with Crippen molar-refractivity contribution in [3.05, 3.63) is 87.2 Å². The van der Waals surface area contributed by atoms with E-state index >= 15 is 0 Å². The molecule has 1 saturated heterocycles. The molecule has 2 atom stereocenters. The van der Waals surface area contributed by atoms with Crippen molar-refractivity contribution in [1.82, 2.24) is 20.0 Å². The highest BCUT2D eigenvalue weighted by Crippen LogP contribution is 2.39. The van der Waals surface area contributed by atoms with E-state index in [1.807, 2.05) is 6.66 Å². The minimum atomic E-state index is -4.66. The summed E-state index contributed by atoms with van der Waals surface area (Å²) in [6.07, 6.45) is -2.33. The summed E-state index contributed by atoms with van der Waals surface area (Å²) in [6.45, 7) is 5.27. The number of nitrogens with zero attached hydrogens (tertiary/aromatic N) is 4. The average molecular weight is 684 g/mol. The molecule has 1 aliphatic rings. The zero-order valence-electron chi connectivity index (χ0n) is 23.4.